The Bertz CT molecular complexity index is 649. The van der Waals surface area contributed by atoms with E-state index in [9.17, 15) is 9.18 Å². The molecule has 1 aromatic carbocycles. The van der Waals surface area contributed by atoms with Gasteiger partial charge in [0.05, 0.1) is 12.1 Å². The average molecular weight is 492 g/mol. The van der Waals surface area contributed by atoms with E-state index in [2.05, 4.69) is 15.6 Å². The molecule has 0 spiro atoms. The molecule has 27 heavy (non-hydrogen) atoms. The van der Waals surface area contributed by atoms with Gasteiger partial charge in [-0.15, -0.1) is 24.0 Å². The summed E-state index contributed by atoms with van der Waals surface area (Å²) in [6.45, 7) is 5.12. The highest BCUT2D eigenvalue weighted by atomic mass is 127. The predicted octanol–water partition coefficient (Wildman–Crippen LogP) is 2.62. The largest absolute Gasteiger partial charge is 0.376 e. The second-order valence-corrected chi connectivity index (χ2v) is 6.84. The highest BCUT2D eigenvalue weighted by Crippen LogP contribution is 2.16. The molecule has 2 atom stereocenters. The first-order valence-electron chi connectivity index (χ1n) is 8.99. The van der Waals surface area contributed by atoms with E-state index in [1.807, 2.05) is 13.0 Å². The Morgan fingerprint density at radius 3 is 2.78 bits per heavy atom. The van der Waals surface area contributed by atoms with E-state index in [1.165, 1.54) is 11.0 Å². The zero-order valence-electron chi connectivity index (χ0n) is 16.4. The van der Waals surface area contributed by atoms with Crippen LogP contribution in [0.5, 0.6) is 0 Å². The van der Waals surface area contributed by atoms with Crippen molar-refractivity contribution in [2.45, 2.75) is 38.8 Å². The molecule has 2 unspecified atom stereocenters. The minimum atomic E-state index is -0.232. The van der Waals surface area contributed by atoms with E-state index in [0.29, 0.717) is 18.1 Å². The number of ether oxygens (including phenoxy) is 1. The number of benzene rings is 1. The summed E-state index contributed by atoms with van der Waals surface area (Å²) < 4.78 is 19.4. The summed E-state index contributed by atoms with van der Waals surface area (Å²) in [6.07, 6.45) is 2.22. The van der Waals surface area contributed by atoms with Gasteiger partial charge in [-0.1, -0.05) is 12.1 Å². The van der Waals surface area contributed by atoms with E-state index in [1.54, 1.807) is 27.1 Å². The summed E-state index contributed by atoms with van der Waals surface area (Å²) in [5, 5.41) is 6.48. The number of carbonyl (C=O) groups is 1. The maximum absolute atomic E-state index is 13.8. The highest BCUT2D eigenvalue weighted by molar-refractivity contribution is 14.0. The maximum Gasteiger partial charge on any atom is 0.243 e. The summed E-state index contributed by atoms with van der Waals surface area (Å²) in [4.78, 5) is 17.7. The van der Waals surface area contributed by atoms with Gasteiger partial charge in [0.2, 0.25) is 5.91 Å². The number of halogens is 2. The monoisotopic (exact) mass is 492 g/mol. The van der Waals surface area contributed by atoms with Gasteiger partial charge in [0.25, 0.3) is 0 Å². The quantitative estimate of drug-likeness (QED) is 0.364. The fraction of sp³-hybridized carbons (Fsp3) is 0.579. The van der Waals surface area contributed by atoms with E-state index >= 15 is 0 Å². The smallest absolute Gasteiger partial charge is 0.243 e. The van der Waals surface area contributed by atoms with Gasteiger partial charge in [0.1, 0.15) is 12.4 Å². The van der Waals surface area contributed by atoms with Gasteiger partial charge < -0.3 is 20.3 Å². The van der Waals surface area contributed by atoms with Crippen LogP contribution in [0.4, 0.5) is 4.39 Å². The van der Waals surface area contributed by atoms with E-state index < -0.39 is 0 Å². The van der Waals surface area contributed by atoms with Crippen molar-refractivity contribution in [3.05, 3.63) is 35.1 Å². The molecule has 0 saturated carbocycles. The van der Waals surface area contributed by atoms with Crippen LogP contribution in [0.1, 0.15) is 36.9 Å². The lowest BCUT2D eigenvalue weighted by Crippen LogP contribution is -2.42. The third-order valence-electron chi connectivity index (χ3n) is 4.44. The third-order valence-corrected chi connectivity index (χ3v) is 4.44. The molecule has 1 saturated heterocycles. The Hall–Kier alpha value is -1.42. The lowest BCUT2D eigenvalue weighted by atomic mass is 10.1. The molecule has 1 fully saturated rings. The van der Waals surface area contributed by atoms with Gasteiger partial charge in [-0.25, -0.2) is 9.38 Å². The second kappa shape index (κ2) is 11.4. The molecular weight excluding hydrogens is 462 g/mol. The molecule has 1 aliphatic heterocycles. The number of hydrogen-bond donors (Lipinski definition) is 2. The summed E-state index contributed by atoms with van der Waals surface area (Å²) in [6, 6.07) is 5.01. The van der Waals surface area contributed by atoms with Crippen LogP contribution < -0.4 is 10.6 Å². The van der Waals surface area contributed by atoms with Crippen LogP contribution in [-0.2, 0) is 9.53 Å². The first kappa shape index (κ1) is 23.6. The van der Waals surface area contributed by atoms with Crippen molar-refractivity contribution >= 4 is 35.8 Å². The molecule has 2 N–H and O–H groups in total. The molecule has 152 valence electrons. The minimum Gasteiger partial charge on any atom is -0.376 e. The van der Waals surface area contributed by atoms with Crippen molar-refractivity contribution in [3.8, 4) is 0 Å². The fourth-order valence-corrected chi connectivity index (χ4v) is 2.62. The fourth-order valence-electron chi connectivity index (χ4n) is 2.62. The number of aliphatic imine (C=N–C) groups is 1. The first-order valence-corrected chi connectivity index (χ1v) is 8.99. The predicted molar refractivity (Wildman–Crippen MR) is 116 cm³/mol. The first-order chi connectivity index (χ1) is 12.4. The second-order valence-electron chi connectivity index (χ2n) is 6.84. The van der Waals surface area contributed by atoms with Crippen LogP contribution in [0.3, 0.4) is 0 Å². The van der Waals surface area contributed by atoms with Crippen LogP contribution in [0.25, 0.3) is 0 Å². The number of aryl methyl sites for hydroxylation is 1. The molecule has 6 nitrogen and oxygen atoms in total. The van der Waals surface area contributed by atoms with E-state index in [0.717, 1.165) is 25.0 Å². The van der Waals surface area contributed by atoms with Crippen molar-refractivity contribution in [2.75, 3.05) is 33.8 Å². The lowest BCUT2D eigenvalue weighted by molar-refractivity contribution is -0.127. The van der Waals surface area contributed by atoms with Crippen molar-refractivity contribution < 1.29 is 13.9 Å². The summed E-state index contributed by atoms with van der Waals surface area (Å²) >= 11 is 0. The molecule has 1 amide bonds. The zero-order chi connectivity index (χ0) is 19.1. The Morgan fingerprint density at radius 2 is 2.19 bits per heavy atom. The van der Waals surface area contributed by atoms with Gasteiger partial charge >= 0.3 is 0 Å². The zero-order valence-corrected chi connectivity index (χ0v) is 18.7. The summed E-state index contributed by atoms with van der Waals surface area (Å²) in [7, 11) is 3.39. The molecule has 2 rings (SSSR count). The highest BCUT2D eigenvalue weighted by Gasteiger charge is 2.17. The van der Waals surface area contributed by atoms with Crippen LogP contribution in [0.15, 0.2) is 23.2 Å². The topological polar surface area (TPSA) is 66.0 Å². The number of guanidine groups is 1. The molecule has 1 heterocycles. The molecule has 0 bridgehead atoms. The molecule has 0 aliphatic carbocycles. The van der Waals surface area contributed by atoms with Crippen LogP contribution >= 0.6 is 24.0 Å². The van der Waals surface area contributed by atoms with Crippen LogP contribution in [0.2, 0.25) is 0 Å². The molecule has 8 heteroatoms. The Labute approximate surface area is 178 Å². The molecule has 1 aliphatic rings. The number of likely N-dealkylation sites (N-methyl/N-ethyl adjacent to an activating group) is 1. The van der Waals surface area contributed by atoms with Gasteiger partial charge in [0.15, 0.2) is 5.96 Å². The third kappa shape index (κ3) is 7.61. The SMILES string of the molecule is Cc1ccc(C(C)NC(=NCC(=O)N(C)C)NCC2CCCO2)cc1F.I. The number of carbonyl (C=O) groups excluding carboxylic acids is 1. The number of rotatable bonds is 6. The van der Waals surface area contributed by atoms with Crippen molar-refractivity contribution in [2.24, 2.45) is 4.99 Å². The maximum atomic E-state index is 13.8. The summed E-state index contributed by atoms with van der Waals surface area (Å²) in [5.41, 5.74) is 1.43. The minimum absolute atomic E-state index is 0. The van der Waals surface area contributed by atoms with E-state index in [4.69, 9.17) is 4.74 Å². The van der Waals surface area contributed by atoms with Gasteiger partial charge in [-0.3, -0.25) is 4.79 Å². The molecule has 0 aromatic heterocycles. The van der Waals surface area contributed by atoms with Gasteiger partial charge in [-0.05, 0) is 43.9 Å². The Morgan fingerprint density at radius 1 is 1.44 bits per heavy atom. The van der Waals surface area contributed by atoms with Crippen molar-refractivity contribution in [1.82, 2.24) is 15.5 Å². The molecule has 1 aromatic rings. The normalized spacial score (nSPS) is 17.8. The Balaban J connectivity index is 0.00000364. The standard InChI is InChI=1S/C19H29FN4O2.HI/c1-13-7-8-15(10-17(13)20)14(2)23-19(22-12-18(25)24(3)4)21-11-16-6-5-9-26-16;/h7-8,10,14,16H,5-6,9,11-12H2,1-4H3,(H2,21,22,23);1H. The number of hydrogen-bond acceptors (Lipinski definition) is 3. The molecular formula is C19H30FIN4O2. The number of nitrogens with one attached hydrogen (secondary N) is 2. The molecule has 0 radical (unpaired) electrons. The van der Waals surface area contributed by atoms with Crippen LogP contribution in [0, 0.1) is 12.7 Å². The average Bonchev–Trinajstić information content (AvgIpc) is 3.12. The van der Waals surface area contributed by atoms with Gasteiger partial charge in [0, 0.05) is 27.2 Å². The summed E-state index contributed by atoms with van der Waals surface area (Å²) in [5.74, 6) is 0.200. The number of amides is 1. The van der Waals surface area contributed by atoms with Crippen molar-refractivity contribution in [1.29, 1.82) is 0 Å². The Kier molecular flexibility index (Phi) is 10.00. The van der Waals surface area contributed by atoms with Crippen LogP contribution in [-0.4, -0.2) is 56.7 Å². The van der Waals surface area contributed by atoms with E-state index in [-0.39, 0.29) is 54.4 Å². The lowest BCUT2D eigenvalue weighted by Gasteiger charge is -2.20. The van der Waals surface area contributed by atoms with Crippen molar-refractivity contribution in [3.63, 3.8) is 0 Å². The number of nitrogens with zero attached hydrogens (tertiary/aromatic N) is 2. The van der Waals surface area contributed by atoms with Gasteiger partial charge in [-0.2, -0.15) is 0 Å².